The number of hydrogen-bond acceptors (Lipinski definition) is 3. The molecule has 19 heavy (non-hydrogen) atoms. The molecule has 0 N–H and O–H groups in total. The zero-order valence-corrected chi connectivity index (χ0v) is 11.6. The third-order valence-electron chi connectivity index (χ3n) is 3.08. The van der Waals surface area contributed by atoms with E-state index < -0.39 is 23.8 Å². The number of carbonyl (C=O) groups is 1. The van der Waals surface area contributed by atoms with E-state index in [-0.39, 0.29) is 0 Å². The molecule has 1 saturated heterocycles. The van der Waals surface area contributed by atoms with Crippen LogP contribution in [0.1, 0.15) is 12.0 Å². The molecule has 3 nitrogen and oxygen atoms in total. The molecule has 1 aromatic carbocycles. The van der Waals surface area contributed by atoms with Gasteiger partial charge in [-0.3, -0.25) is 0 Å². The zero-order chi connectivity index (χ0) is 14.2. The molecule has 0 spiro atoms. The highest BCUT2D eigenvalue weighted by molar-refractivity contribution is 9.10. The fraction of sp³-hybridized carbons (Fsp3) is 0.417. The summed E-state index contributed by atoms with van der Waals surface area (Å²) in [5, 5.41) is 0. The normalized spacial score (nSPS) is 19.0. The van der Waals surface area contributed by atoms with Crippen LogP contribution in [0.4, 0.5) is 18.9 Å². The molecule has 2 rings (SSSR count). The van der Waals surface area contributed by atoms with Gasteiger partial charge in [0.25, 0.3) is 0 Å². The Labute approximate surface area is 116 Å². The minimum Gasteiger partial charge on any atom is -0.467 e. The van der Waals surface area contributed by atoms with Gasteiger partial charge in [-0.1, -0.05) is 0 Å². The number of methoxy groups -OCH3 is 1. The molecule has 0 aliphatic carbocycles. The molecule has 1 aliphatic rings. The van der Waals surface area contributed by atoms with Gasteiger partial charge in [0, 0.05) is 11.0 Å². The summed E-state index contributed by atoms with van der Waals surface area (Å²) >= 11 is 3.21. The molecular formula is C12H11BrF3NO2. The monoisotopic (exact) mass is 337 g/mol. The lowest BCUT2D eigenvalue weighted by molar-refractivity contribution is -0.143. The summed E-state index contributed by atoms with van der Waals surface area (Å²) in [5.74, 6) is -0.435. The number of carbonyl (C=O) groups excluding carboxylic acids is 1. The van der Waals surface area contributed by atoms with Crippen LogP contribution in [0.3, 0.4) is 0 Å². The standard InChI is InChI=1S/C12H11BrF3NO2/c1-19-11(18)9-4-5-17(9)10-6-7(12(14,15)16)2-3-8(10)13/h2-3,6,9H,4-5H2,1H3. The highest BCUT2D eigenvalue weighted by Gasteiger charge is 2.38. The fourth-order valence-electron chi connectivity index (χ4n) is 1.97. The first kappa shape index (κ1) is 14.2. The molecule has 0 aromatic heterocycles. The van der Waals surface area contributed by atoms with Crippen LogP contribution in [-0.4, -0.2) is 25.7 Å². The summed E-state index contributed by atoms with van der Waals surface area (Å²) in [4.78, 5) is 13.1. The van der Waals surface area contributed by atoms with Gasteiger partial charge in [-0.25, -0.2) is 4.79 Å². The Kier molecular flexibility index (Phi) is 3.75. The summed E-state index contributed by atoms with van der Waals surface area (Å²) in [5.41, 5.74) is -0.377. The Morgan fingerprint density at radius 2 is 2.16 bits per heavy atom. The summed E-state index contributed by atoms with van der Waals surface area (Å²) in [6.45, 7) is 0.527. The first-order valence-electron chi connectivity index (χ1n) is 5.56. The molecule has 1 fully saturated rings. The second kappa shape index (κ2) is 5.03. The maximum absolute atomic E-state index is 12.7. The van der Waals surface area contributed by atoms with Crippen LogP contribution >= 0.6 is 15.9 Å². The summed E-state index contributed by atoms with van der Waals surface area (Å²) in [7, 11) is 1.26. The van der Waals surface area contributed by atoms with Gasteiger partial charge in [-0.15, -0.1) is 0 Å². The van der Waals surface area contributed by atoms with Gasteiger partial charge in [0.05, 0.1) is 18.4 Å². The molecular weight excluding hydrogens is 327 g/mol. The number of nitrogens with zero attached hydrogens (tertiary/aromatic N) is 1. The summed E-state index contributed by atoms with van der Waals surface area (Å²) < 4.78 is 43.2. The number of rotatable bonds is 2. The van der Waals surface area contributed by atoms with Crippen LogP contribution in [-0.2, 0) is 15.7 Å². The number of anilines is 1. The van der Waals surface area contributed by atoms with Crippen LogP contribution < -0.4 is 4.90 Å². The number of hydrogen-bond donors (Lipinski definition) is 0. The van der Waals surface area contributed by atoms with Crippen molar-refractivity contribution in [2.24, 2.45) is 0 Å². The number of halogens is 4. The van der Waals surface area contributed by atoms with E-state index in [1.807, 2.05) is 0 Å². The number of esters is 1. The number of ether oxygens (including phenoxy) is 1. The molecule has 0 amide bonds. The van der Waals surface area contributed by atoms with Crippen LogP contribution in [0.2, 0.25) is 0 Å². The minimum absolute atomic E-state index is 0.358. The second-order valence-corrected chi connectivity index (χ2v) is 5.04. The van der Waals surface area contributed by atoms with Crippen LogP contribution in [0.15, 0.2) is 22.7 Å². The van der Waals surface area contributed by atoms with Crippen molar-refractivity contribution in [3.05, 3.63) is 28.2 Å². The van der Waals surface area contributed by atoms with Gasteiger partial charge in [0.15, 0.2) is 0 Å². The smallest absolute Gasteiger partial charge is 0.416 e. The van der Waals surface area contributed by atoms with E-state index in [4.69, 9.17) is 0 Å². The number of benzene rings is 1. The van der Waals surface area contributed by atoms with E-state index in [0.717, 1.165) is 12.1 Å². The van der Waals surface area contributed by atoms with E-state index in [0.29, 0.717) is 23.1 Å². The van der Waals surface area contributed by atoms with Gasteiger partial charge in [-0.05, 0) is 40.5 Å². The van der Waals surface area contributed by atoms with Gasteiger partial charge in [0.1, 0.15) is 6.04 Å². The van der Waals surface area contributed by atoms with Gasteiger partial charge >= 0.3 is 12.1 Å². The average molecular weight is 338 g/mol. The average Bonchev–Trinajstić information content (AvgIpc) is 2.28. The van der Waals surface area contributed by atoms with Crippen molar-refractivity contribution in [3.63, 3.8) is 0 Å². The van der Waals surface area contributed by atoms with Crippen molar-refractivity contribution in [2.75, 3.05) is 18.6 Å². The first-order valence-corrected chi connectivity index (χ1v) is 6.35. The lowest BCUT2D eigenvalue weighted by Gasteiger charge is -2.41. The minimum atomic E-state index is -4.40. The van der Waals surface area contributed by atoms with Crippen molar-refractivity contribution >= 4 is 27.6 Å². The second-order valence-electron chi connectivity index (χ2n) is 4.18. The largest absolute Gasteiger partial charge is 0.467 e. The third-order valence-corrected chi connectivity index (χ3v) is 3.75. The quantitative estimate of drug-likeness (QED) is 0.776. The topological polar surface area (TPSA) is 29.5 Å². The Morgan fingerprint density at radius 1 is 1.47 bits per heavy atom. The maximum atomic E-state index is 12.7. The predicted octanol–water partition coefficient (Wildman–Crippen LogP) is 3.22. The molecule has 1 aliphatic heterocycles. The molecule has 1 heterocycles. The van der Waals surface area contributed by atoms with Crippen LogP contribution in [0.5, 0.6) is 0 Å². The van der Waals surface area contributed by atoms with E-state index >= 15 is 0 Å². The van der Waals surface area contributed by atoms with Gasteiger partial charge < -0.3 is 9.64 Å². The molecule has 1 atom stereocenters. The molecule has 104 valence electrons. The highest BCUT2D eigenvalue weighted by Crippen LogP contribution is 2.38. The Hall–Kier alpha value is -1.24. The molecule has 0 radical (unpaired) electrons. The van der Waals surface area contributed by atoms with E-state index in [9.17, 15) is 18.0 Å². The maximum Gasteiger partial charge on any atom is 0.416 e. The SMILES string of the molecule is COC(=O)C1CCN1c1cc(C(F)(F)F)ccc1Br. The van der Waals surface area contributed by atoms with Crippen molar-refractivity contribution in [3.8, 4) is 0 Å². The van der Waals surface area contributed by atoms with E-state index in [2.05, 4.69) is 20.7 Å². The summed E-state index contributed by atoms with van der Waals surface area (Å²) in [6.07, 6.45) is -3.82. The summed E-state index contributed by atoms with van der Waals surface area (Å²) in [6, 6.07) is 2.87. The van der Waals surface area contributed by atoms with E-state index in [1.54, 1.807) is 4.90 Å². The molecule has 0 bridgehead atoms. The predicted molar refractivity (Wildman–Crippen MR) is 66.9 cm³/mol. The van der Waals surface area contributed by atoms with Crippen molar-refractivity contribution in [1.29, 1.82) is 0 Å². The molecule has 1 unspecified atom stereocenters. The van der Waals surface area contributed by atoms with Crippen LogP contribution in [0, 0.1) is 0 Å². The molecule has 1 aromatic rings. The lowest BCUT2D eigenvalue weighted by atomic mass is 10.0. The zero-order valence-electron chi connectivity index (χ0n) is 10.00. The molecule has 7 heteroatoms. The van der Waals surface area contributed by atoms with Crippen molar-refractivity contribution in [1.82, 2.24) is 0 Å². The first-order chi connectivity index (χ1) is 8.84. The Balaban J connectivity index is 2.32. The Bertz CT molecular complexity index is 504. The van der Waals surface area contributed by atoms with Gasteiger partial charge in [0.2, 0.25) is 0 Å². The van der Waals surface area contributed by atoms with Crippen molar-refractivity contribution in [2.45, 2.75) is 18.6 Å². The van der Waals surface area contributed by atoms with Crippen molar-refractivity contribution < 1.29 is 22.7 Å². The third kappa shape index (κ3) is 2.70. The molecule has 0 saturated carbocycles. The van der Waals surface area contributed by atoms with E-state index in [1.165, 1.54) is 13.2 Å². The van der Waals surface area contributed by atoms with Crippen LogP contribution in [0.25, 0.3) is 0 Å². The van der Waals surface area contributed by atoms with Gasteiger partial charge in [-0.2, -0.15) is 13.2 Å². The Morgan fingerprint density at radius 3 is 2.63 bits per heavy atom. The fourth-order valence-corrected chi connectivity index (χ4v) is 2.44. The lowest BCUT2D eigenvalue weighted by Crippen LogP contribution is -2.53. The number of alkyl halides is 3. The highest BCUT2D eigenvalue weighted by atomic mass is 79.9.